The predicted octanol–water partition coefficient (Wildman–Crippen LogP) is 3.34. The maximum absolute atomic E-state index is 12.0. The predicted molar refractivity (Wildman–Crippen MR) is 100 cm³/mol. The lowest BCUT2D eigenvalue weighted by molar-refractivity contribution is -0.122. The lowest BCUT2D eigenvalue weighted by Crippen LogP contribution is -2.36. The summed E-state index contributed by atoms with van der Waals surface area (Å²) in [7, 11) is 0. The fourth-order valence-corrected chi connectivity index (χ4v) is 2.33. The van der Waals surface area contributed by atoms with Gasteiger partial charge in [0.1, 0.15) is 0 Å². The monoisotopic (exact) mass is 348 g/mol. The minimum atomic E-state index is -0.0145. The molecule has 0 saturated heterocycles. The molecular weight excluding hydrogens is 324 g/mol. The van der Waals surface area contributed by atoms with Crippen molar-refractivity contribution in [3.8, 4) is 0 Å². The van der Waals surface area contributed by atoms with Crippen LogP contribution in [0.3, 0.4) is 0 Å². The van der Waals surface area contributed by atoms with E-state index < -0.39 is 0 Å². The van der Waals surface area contributed by atoms with Gasteiger partial charge in [0, 0.05) is 18.2 Å². The molecule has 4 nitrogen and oxygen atoms in total. The SMILES string of the molecule is CC(COCc1ccccc1)NC(=O)CCc1ccccc1N.Cl. The van der Waals surface area contributed by atoms with Gasteiger partial charge in [0.05, 0.1) is 13.2 Å². The molecule has 0 saturated carbocycles. The molecule has 0 spiro atoms. The van der Waals surface area contributed by atoms with Gasteiger partial charge in [-0.15, -0.1) is 12.4 Å². The van der Waals surface area contributed by atoms with Gasteiger partial charge in [-0.1, -0.05) is 48.5 Å². The van der Waals surface area contributed by atoms with Gasteiger partial charge in [-0.2, -0.15) is 0 Å². The van der Waals surface area contributed by atoms with Gasteiger partial charge in [0.25, 0.3) is 0 Å². The number of benzene rings is 2. The average Bonchev–Trinajstić information content (AvgIpc) is 2.55. The lowest BCUT2D eigenvalue weighted by Gasteiger charge is -2.14. The molecule has 0 aliphatic rings. The number of aryl methyl sites for hydroxylation is 1. The topological polar surface area (TPSA) is 64.3 Å². The Morgan fingerprint density at radius 2 is 1.79 bits per heavy atom. The van der Waals surface area contributed by atoms with Gasteiger partial charge in [0.2, 0.25) is 5.91 Å². The Kier molecular flexibility index (Phi) is 8.90. The summed E-state index contributed by atoms with van der Waals surface area (Å²) in [5.41, 5.74) is 8.75. The Balaban J connectivity index is 0.00000288. The number of nitrogens with one attached hydrogen (secondary N) is 1. The largest absolute Gasteiger partial charge is 0.399 e. The van der Waals surface area contributed by atoms with Crippen molar-refractivity contribution in [3.63, 3.8) is 0 Å². The van der Waals surface area contributed by atoms with Gasteiger partial charge in [-0.3, -0.25) is 4.79 Å². The van der Waals surface area contributed by atoms with Crippen molar-refractivity contribution in [3.05, 3.63) is 65.7 Å². The number of hydrogen-bond acceptors (Lipinski definition) is 3. The van der Waals surface area contributed by atoms with Gasteiger partial charge in [0.15, 0.2) is 0 Å². The van der Waals surface area contributed by atoms with Crippen LogP contribution in [0, 0.1) is 0 Å². The first-order valence-electron chi connectivity index (χ1n) is 7.89. The van der Waals surface area contributed by atoms with Gasteiger partial charge in [-0.05, 0) is 30.5 Å². The van der Waals surface area contributed by atoms with E-state index in [1.54, 1.807) is 0 Å². The zero-order chi connectivity index (χ0) is 16.5. The highest BCUT2D eigenvalue weighted by atomic mass is 35.5. The van der Waals surface area contributed by atoms with E-state index in [0.29, 0.717) is 26.1 Å². The molecule has 0 bridgehead atoms. The molecule has 1 atom stereocenters. The highest BCUT2D eigenvalue weighted by Gasteiger charge is 2.08. The number of nitrogen functional groups attached to an aromatic ring is 1. The molecule has 2 aromatic carbocycles. The molecule has 1 unspecified atom stereocenters. The Morgan fingerprint density at radius 3 is 2.50 bits per heavy atom. The van der Waals surface area contributed by atoms with Crippen molar-refractivity contribution in [1.82, 2.24) is 5.32 Å². The Morgan fingerprint density at radius 1 is 1.12 bits per heavy atom. The van der Waals surface area contributed by atoms with E-state index in [0.717, 1.165) is 16.8 Å². The fourth-order valence-electron chi connectivity index (χ4n) is 2.33. The number of anilines is 1. The van der Waals surface area contributed by atoms with Gasteiger partial charge >= 0.3 is 0 Å². The Bertz CT molecular complexity index is 620. The molecule has 1 amide bonds. The lowest BCUT2D eigenvalue weighted by atomic mass is 10.1. The number of hydrogen-bond donors (Lipinski definition) is 2. The minimum Gasteiger partial charge on any atom is -0.399 e. The first kappa shape index (κ1) is 20.0. The van der Waals surface area contributed by atoms with Crippen molar-refractivity contribution >= 4 is 24.0 Å². The molecule has 0 aromatic heterocycles. The molecular formula is C19H25ClN2O2. The number of ether oxygens (including phenoxy) is 1. The quantitative estimate of drug-likeness (QED) is 0.719. The second-order valence-corrected chi connectivity index (χ2v) is 5.67. The second-order valence-electron chi connectivity index (χ2n) is 5.67. The molecule has 5 heteroatoms. The summed E-state index contributed by atoms with van der Waals surface area (Å²) in [6, 6.07) is 17.6. The van der Waals surface area contributed by atoms with Crippen molar-refractivity contribution < 1.29 is 9.53 Å². The third kappa shape index (κ3) is 7.02. The van der Waals surface area contributed by atoms with Crippen LogP contribution in [0.5, 0.6) is 0 Å². The smallest absolute Gasteiger partial charge is 0.220 e. The van der Waals surface area contributed by atoms with Crippen LogP contribution in [-0.2, 0) is 22.6 Å². The van der Waals surface area contributed by atoms with Crippen LogP contribution in [0.15, 0.2) is 54.6 Å². The molecule has 0 fully saturated rings. The first-order chi connectivity index (χ1) is 11.1. The standard InChI is InChI=1S/C19H24N2O2.ClH/c1-15(13-23-14-16-7-3-2-4-8-16)21-19(22)12-11-17-9-5-6-10-18(17)20;/h2-10,15H,11-14,20H2,1H3,(H,21,22);1H. The zero-order valence-electron chi connectivity index (χ0n) is 13.9. The molecule has 24 heavy (non-hydrogen) atoms. The van der Waals surface area contributed by atoms with Crippen LogP contribution in [0.2, 0.25) is 0 Å². The third-order valence-electron chi connectivity index (χ3n) is 3.56. The van der Waals surface area contributed by atoms with E-state index in [4.69, 9.17) is 10.5 Å². The molecule has 2 rings (SSSR count). The number of nitrogens with two attached hydrogens (primary N) is 1. The van der Waals surface area contributed by atoms with Crippen LogP contribution in [0.1, 0.15) is 24.5 Å². The maximum atomic E-state index is 12.0. The highest BCUT2D eigenvalue weighted by molar-refractivity contribution is 5.85. The number of amides is 1. The third-order valence-corrected chi connectivity index (χ3v) is 3.56. The maximum Gasteiger partial charge on any atom is 0.220 e. The summed E-state index contributed by atoms with van der Waals surface area (Å²) < 4.78 is 5.63. The highest BCUT2D eigenvalue weighted by Crippen LogP contribution is 2.12. The van der Waals surface area contributed by atoms with E-state index in [1.807, 2.05) is 61.5 Å². The molecule has 0 heterocycles. The fraction of sp³-hybridized carbons (Fsp3) is 0.316. The second kappa shape index (κ2) is 10.7. The molecule has 0 aliphatic heterocycles. The normalized spacial score (nSPS) is 11.4. The van der Waals surface area contributed by atoms with Crippen LogP contribution in [-0.4, -0.2) is 18.6 Å². The number of halogens is 1. The number of carbonyl (C=O) groups is 1. The van der Waals surface area contributed by atoms with E-state index in [1.165, 1.54) is 0 Å². The number of para-hydroxylation sites is 1. The van der Waals surface area contributed by atoms with Crippen molar-refractivity contribution in [2.75, 3.05) is 12.3 Å². The van der Waals surface area contributed by atoms with Crippen LogP contribution in [0.25, 0.3) is 0 Å². The van der Waals surface area contributed by atoms with Crippen molar-refractivity contribution in [2.45, 2.75) is 32.4 Å². The molecule has 0 radical (unpaired) electrons. The minimum absolute atomic E-state index is 0. The molecule has 3 N–H and O–H groups in total. The molecule has 130 valence electrons. The zero-order valence-corrected chi connectivity index (χ0v) is 14.7. The Hall–Kier alpha value is -2.04. The van der Waals surface area contributed by atoms with Crippen molar-refractivity contribution in [2.24, 2.45) is 0 Å². The summed E-state index contributed by atoms with van der Waals surface area (Å²) in [4.78, 5) is 12.0. The van der Waals surface area contributed by atoms with Crippen molar-refractivity contribution in [1.29, 1.82) is 0 Å². The van der Waals surface area contributed by atoms with Crippen LogP contribution < -0.4 is 11.1 Å². The van der Waals surface area contributed by atoms with E-state index in [-0.39, 0.29) is 24.4 Å². The number of carbonyl (C=O) groups excluding carboxylic acids is 1. The van der Waals surface area contributed by atoms with Crippen LogP contribution in [0.4, 0.5) is 5.69 Å². The molecule has 0 aliphatic carbocycles. The van der Waals surface area contributed by atoms with E-state index in [9.17, 15) is 4.79 Å². The van der Waals surface area contributed by atoms with Crippen LogP contribution >= 0.6 is 12.4 Å². The van der Waals surface area contributed by atoms with E-state index >= 15 is 0 Å². The molecule has 2 aromatic rings. The summed E-state index contributed by atoms with van der Waals surface area (Å²) in [6.07, 6.45) is 1.08. The summed E-state index contributed by atoms with van der Waals surface area (Å²) >= 11 is 0. The number of rotatable bonds is 8. The van der Waals surface area contributed by atoms with E-state index in [2.05, 4.69) is 5.32 Å². The summed E-state index contributed by atoms with van der Waals surface area (Å²) in [5.74, 6) is 0.0177. The van der Waals surface area contributed by atoms with Gasteiger partial charge in [-0.25, -0.2) is 0 Å². The summed E-state index contributed by atoms with van der Waals surface area (Å²) in [5, 5.41) is 2.95. The average molecular weight is 349 g/mol. The Labute approximate surface area is 149 Å². The van der Waals surface area contributed by atoms with Gasteiger partial charge < -0.3 is 15.8 Å². The summed E-state index contributed by atoms with van der Waals surface area (Å²) in [6.45, 7) is 3.00. The first-order valence-corrected chi connectivity index (χ1v) is 7.89.